The molecule has 0 amide bonds. The smallest absolute Gasteiger partial charge is 0.132 e. The predicted octanol–water partition coefficient (Wildman–Crippen LogP) is 2.71. The molecule has 0 spiro atoms. The van der Waals surface area contributed by atoms with Crippen LogP contribution in [0.1, 0.15) is 11.5 Å². The van der Waals surface area contributed by atoms with Gasteiger partial charge in [-0.3, -0.25) is 0 Å². The van der Waals surface area contributed by atoms with Gasteiger partial charge in [-0.05, 0) is 41.9 Å². The molecule has 0 fully saturated rings. The van der Waals surface area contributed by atoms with E-state index in [2.05, 4.69) is 44.4 Å². The number of imidazole rings is 1. The van der Waals surface area contributed by atoms with Gasteiger partial charge < -0.3 is 4.40 Å². The van der Waals surface area contributed by atoms with E-state index in [-0.39, 0.29) is 0 Å². The molecular formula is C9H9BrN2. The molecule has 12 heavy (non-hydrogen) atoms. The summed E-state index contributed by atoms with van der Waals surface area (Å²) >= 11 is 3.42. The number of nitrogens with zero attached hydrogens (tertiary/aromatic N) is 2. The highest BCUT2D eigenvalue weighted by Gasteiger charge is 2.05. The van der Waals surface area contributed by atoms with E-state index in [0.717, 1.165) is 15.9 Å². The highest BCUT2D eigenvalue weighted by Crippen LogP contribution is 2.19. The molecule has 0 unspecified atom stereocenters. The fourth-order valence-electron chi connectivity index (χ4n) is 1.46. The van der Waals surface area contributed by atoms with E-state index in [4.69, 9.17) is 0 Å². The van der Waals surface area contributed by atoms with Crippen LogP contribution in [0.4, 0.5) is 0 Å². The average molecular weight is 225 g/mol. The number of pyridine rings is 1. The van der Waals surface area contributed by atoms with Crippen molar-refractivity contribution in [2.24, 2.45) is 0 Å². The topological polar surface area (TPSA) is 17.3 Å². The largest absolute Gasteiger partial charge is 0.300 e. The molecule has 3 heteroatoms. The minimum Gasteiger partial charge on any atom is -0.300 e. The van der Waals surface area contributed by atoms with E-state index in [9.17, 15) is 0 Å². The van der Waals surface area contributed by atoms with E-state index in [1.54, 1.807) is 0 Å². The van der Waals surface area contributed by atoms with Gasteiger partial charge in [-0.25, -0.2) is 4.98 Å². The Morgan fingerprint density at radius 3 is 2.75 bits per heavy atom. The number of aryl methyl sites for hydroxylation is 2. The second-order valence-corrected chi connectivity index (χ2v) is 3.59. The molecule has 2 aromatic heterocycles. The molecule has 0 saturated carbocycles. The van der Waals surface area contributed by atoms with Gasteiger partial charge in [-0.2, -0.15) is 0 Å². The summed E-state index contributed by atoms with van der Waals surface area (Å²) in [6.45, 7) is 4.08. The number of fused-ring (bicyclic) bond motifs is 1. The number of hydrogen-bond acceptors (Lipinski definition) is 1. The maximum Gasteiger partial charge on any atom is 0.132 e. The molecule has 2 nitrogen and oxygen atoms in total. The summed E-state index contributed by atoms with van der Waals surface area (Å²) in [6.07, 6.45) is 0. The van der Waals surface area contributed by atoms with Crippen LogP contribution in [-0.4, -0.2) is 9.38 Å². The molecule has 0 bridgehead atoms. The van der Waals surface area contributed by atoms with Crippen molar-refractivity contribution in [1.82, 2.24) is 9.38 Å². The molecule has 0 saturated heterocycles. The molecule has 0 aliphatic heterocycles. The van der Waals surface area contributed by atoms with Crippen molar-refractivity contribution in [3.05, 3.63) is 34.3 Å². The van der Waals surface area contributed by atoms with Gasteiger partial charge in [-0.1, -0.05) is 6.07 Å². The van der Waals surface area contributed by atoms with E-state index in [1.165, 1.54) is 5.69 Å². The number of aromatic nitrogens is 2. The van der Waals surface area contributed by atoms with Crippen LogP contribution in [0.3, 0.4) is 0 Å². The Morgan fingerprint density at radius 2 is 2.08 bits per heavy atom. The third-order valence-electron chi connectivity index (χ3n) is 1.98. The summed E-state index contributed by atoms with van der Waals surface area (Å²) in [5.74, 6) is 1.02. The quantitative estimate of drug-likeness (QED) is 0.673. The minimum absolute atomic E-state index is 0.920. The highest BCUT2D eigenvalue weighted by atomic mass is 79.9. The average Bonchev–Trinajstić information content (AvgIpc) is 2.29. The van der Waals surface area contributed by atoms with Gasteiger partial charge in [0.05, 0.1) is 5.52 Å². The summed E-state index contributed by atoms with van der Waals surface area (Å²) in [5.41, 5.74) is 2.34. The van der Waals surface area contributed by atoms with Crippen molar-refractivity contribution in [2.75, 3.05) is 0 Å². The zero-order valence-electron chi connectivity index (χ0n) is 7.00. The molecule has 2 aromatic rings. The number of rotatable bonds is 0. The van der Waals surface area contributed by atoms with Crippen molar-refractivity contribution >= 4 is 21.4 Å². The van der Waals surface area contributed by atoms with E-state index >= 15 is 0 Å². The monoisotopic (exact) mass is 224 g/mol. The summed E-state index contributed by atoms with van der Waals surface area (Å²) in [4.78, 5) is 4.33. The maximum absolute atomic E-state index is 4.33. The maximum atomic E-state index is 4.33. The van der Waals surface area contributed by atoms with Gasteiger partial charge in [0.2, 0.25) is 0 Å². The Morgan fingerprint density at radius 1 is 1.33 bits per heavy atom. The lowest BCUT2D eigenvalue weighted by Crippen LogP contribution is -1.91. The molecule has 0 aliphatic carbocycles. The Kier molecular flexibility index (Phi) is 1.68. The van der Waals surface area contributed by atoms with Crippen LogP contribution in [0.5, 0.6) is 0 Å². The van der Waals surface area contributed by atoms with Gasteiger partial charge in [0.1, 0.15) is 10.4 Å². The van der Waals surface area contributed by atoms with E-state index in [0.29, 0.717) is 0 Å². The Balaban J connectivity index is 2.99. The van der Waals surface area contributed by atoms with Gasteiger partial charge in [-0.15, -0.1) is 0 Å². The molecule has 0 aliphatic rings. The first kappa shape index (κ1) is 7.80. The first-order chi connectivity index (χ1) is 5.70. The lowest BCUT2D eigenvalue weighted by molar-refractivity contribution is 0.994. The SMILES string of the molecule is Cc1cccc2c(Br)nc(C)n12. The van der Waals surface area contributed by atoms with Crippen LogP contribution in [0.2, 0.25) is 0 Å². The Labute approximate surface area is 79.4 Å². The third-order valence-corrected chi connectivity index (χ3v) is 2.56. The molecule has 0 N–H and O–H groups in total. The fourth-order valence-corrected chi connectivity index (χ4v) is 2.02. The van der Waals surface area contributed by atoms with Gasteiger partial charge >= 0.3 is 0 Å². The molecule has 2 rings (SSSR count). The molecule has 0 radical (unpaired) electrons. The summed E-state index contributed by atoms with van der Waals surface area (Å²) in [6, 6.07) is 6.17. The summed E-state index contributed by atoms with van der Waals surface area (Å²) in [7, 11) is 0. The Hall–Kier alpha value is -0.830. The second kappa shape index (κ2) is 2.59. The zero-order chi connectivity index (χ0) is 8.72. The molecular weight excluding hydrogens is 216 g/mol. The highest BCUT2D eigenvalue weighted by molar-refractivity contribution is 9.10. The van der Waals surface area contributed by atoms with Crippen LogP contribution in [0, 0.1) is 13.8 Å². The second-order valence-electron chi connectivity index (χ2n) is 2.84. The van der Waals surface area contributed by atoms with Gasteiger partial charge in [0.15, 0.2) is 0 Å². The Bertz CT molecular complexity index is 431. The van der Waals surface area contributed by atoms with Crippen LogP contribution < -0.4 is 0 Å². The van der Waals surface area contributed by atoms with E-state index in [1.807, 2.05) is 13.0 Å². The lowest BCUT2D eigenvalue weighted by Gasteiger charge is -1.99. The molecule has 2 heterocycles. The standard InChI is InChI=1S/C9H9BrN2/c1-6-4-3-5-8-9(10)11-7(2)12(6)8/h3-5H,1-2H3. The molecule has 0 atom stereocenters. The molecule has 0 aromatic carbocycles. The summed E-state index contributed by atoms with van der Waals surface area (Å²) < 4.78 is 3.05. The number of hydrogen-bond donors (Lipinski definition) is 0. The van der Waals surface area contributed by atoms with Gasteiger partial charge in [0.25, 0.3) is 0 Å². The van der Waals surface area contributed by atoms with Crippen molar-refractivity contribution in [1.29, 1.82) is 0 Å². The lowest BCUT2D eigenvalue weighted by atomic mass is 10.3. The van der Waals surface area contributed by atoms with Crippen molar-refractivity contribution < 1.29 is 0 Å². The minimum atomic E-state index is 0.920. The fraction of sp³-hybridized carbons (Fsp3) is 0.222. The third kappa shape index (κ3) is 0.966. The van der Waals surface area contributed by atoms with Crippen LogP contribution in [0.25, 0.3) is 5.52 Å². The van der Waals surface area contributed by atoms with Crippen LogP contribution >= 0.6 is 15.9 Å². The van der Waals surface area contributed by atoms with Gasteiger partial charge in [0, 0.05) is 5.69 Å². The zero-order valence-corrected chi connectivity index (χ0v) is 8.59. The number of halogens is 1. The summed E-state index contributed by atoms with van der Waals surface area (Å²) in [5, 5.41) is 0. The van der Waals surface area contributed by atoms with Crippen LogP contribution in [0.15, 0.2) is 22.8 Å². The predicted molar refractivity (Wildman–Crippen MR) is 52.4 cm³/mol. The first-order valence-corrected chi connectivity index (χ1v) is 4.59. The van der Waals surface area contributed by atoms with Crippen molar-refractivity contribution in [2.45, 2.75) is 13.8 Å². The normalized spacial score (nSPS) is 10.9. The van der Waals surface area contributed by atoms with Crippen molar-refractivity contribution in [3.8, 4) is 0 Å². The first-order valence-electron chi connectivity index (χ1n) is 3.80. The van der Waals surface area contributed by atoms with Crippen molar-refractivity contribution in [3.63, 3.8) is 0 Å². The molecule has 62 valence electrons. The van der Waals surface area contributed by atoms with Crippen LogP contribution in [-0.2, 0) is 0 Å². The van der Waals surface area contributed by atoms with E-state index < -0.39 is 0 Å².